The number of carbonyl (C=O) groups is 1. The number of benzene rings is 1. The van der Waals surface area contributed by atoms with Gasteiger partial charge in [0.1, 0.15) is 0 Å². The molecule has 5 heteroatoms. The summed E-state index contributed by atoms with van der Waals surface area (Å²) in [5, 5.41) is 11.3. The Hall–Kier alpha value is -1.22. The Morgan fingerprint density at radius 2 is 2.14 bits per heavy atom. The Bertz CT molecular complexity index is 614. The summed E-state index contributed by atoms with van der Waals surface area (Å²) < 4.78 is 0. The Morgan fingerprint density at radius 1 is 1.33 bits per heavy atom. The van der Waals surface area contributed by atoms with Crippen molar-refractivity contribution < 1.29 is 9.90 Å². The van der Waals surface area contributed by atoms with E-state index < -0.39 is 5.97 Å². The standard InChI is InChI=1S/C16H18NO2PS/c18-16(19)14-11-17(7-8-20-14)10-13-6-9-21-15(13)12-4-2-1-3-5-12/h1-6,9,14,20H,7-8,10-11H2,(H,18,19). The maximum atomic E-state index is 11.2. The molecule has 1 N–H and O–H groups in total. The van der Waals surface area contributed by atoms with Crippen molar-refractivity contribution in [1.29, 1.82) is 0 Å². The van der Waals surface area contributed by atoms with Crippen molar-refractivity contribution in [2.45, 2.75) is 12.2 Å². The second kappa shape index (κ2) is 6.69. The first-order valence-electron chi connectivity index (χ1n) is 7.04. The molecule has 2 unspecified atom stereocenters. The fourth-order valence-corrected chi connectivity index (χ4v) is 4.94. The number of rotatable bonds is 4. The number of thiophene rings is 1. The van der Waals surface area contributed by atoms with E-state index >= 15 is 0 Å². The molecule has 2 heterocycles. The van der Waals surface area contributed by atoms with E-state index in [1.165, 1.54) is 16.0 Å². The van der Waals surface area contributed by atoms with Crippen molar-refractivity contribution >= 4 is 25.9 Å². The summed E-state index contributed by atoms with van der Waals surface area (Å²) in [4.78, 5) is 14.8. The van der Waals surface area contributed by atoms with Gasteiger partial charge in [-0.05, 0) is 28.7 Å². The molecule has 2 aromatic rings. The van der Waals surface area contributed by atoms with Crippen LogP contribution in [0.2, 0.25) is 0 Å². The smallest absolute Gasteiger partial charge is 0.311 e. The van der Waals surface area contributed by atoms with Crippen LogP contribution in [-0.2, 0) is 11.3 Å². The van der Waals surface area contributed by atoms with Gasteiger partial charge in [0.25, 0.3) is 0 Å². The molecule has 1 aliphatic rings. The average molecular weight is 319 g/mol. The predicted octanol–water partition coefficient (Wildman–Crippen LogP) is 3.36. The van der Waals surface area contributed by atoms with Crippen LogP contribution in [0.25, 0.3) is 10.4 Å². The molecule has 3 rings (SSSR count). The van der Waals surface area contributed by atoms with Gasteiger partial charge in [-0.2, -0.15) is 0 Å². The number of hydrogen-bond donors (Lipinski definition) is 1. The monoisotopic (exact) mass is 319 g/mol. The molecule has 0 amide bonds. The van der Waals surface area contributed by atoms with Crippen molar-refractivity contribution in [2.75, 3.05) is 19.3 Å². The lowest BCUT2D eigenvalue weighted by Crippen LogP contribution is -2.39. The topological polar surface area (TPSA) is 40.5 Å². The Balaban J connectivity index is 1.74. The Labute approximate surface area is 130 Å². The van der Waals surface area contributed by atoms with Gasteiger partial charge < -0.3 is 5.11 Å². The zero-order valence-corrected chi connectivity index (χ0v) is 13.5. The van der Waals surface area contributed by atoms with Crippen molar-refractivity contribution in [3.63, 3.8) is 0 Å². The van der Waals surface area contributed by atoms with E-state index in [0.29, 0.717) is 15.1 Å². The second-order valence-corrected chi connectivity index (χ2v) is 7.74. The number of carboxylic acids is 1. The number of carboxylic acid groups (broad SMARTS) is 1. The summed E-state index contributed by atoms with van der Waals surface area (Å²) >= 11 is 1.76. The van der Waals surface area contributed by atoms with Crippen molar-refractivity contribution in [1.82, 2.24) is 4.90 Å². The lowest BCUT2D eigenvalue weighted by atomic mass is 10.1. The Kier molecular flexibility index (Phi) is 4.69. The van der Waals surface area contributed by atoms with Crippen LogP contribution in [-0.4, -0.2) is 40.9 Å². The zero-order chi connectivity index (χ0) is 14.7. The zero-order valence-electron chi connectivity index (χ0n) is 11.7. The normalized spacial score (nSPS) is 20.7. The average Bonchev–Trinajstić information content (AvgIpc) is 2.96. The third-order valence-electron chi connectivity index (χ3n) is 3.73. The van der Waals surface area contributed by atoms with Gasteiger partial charge in [-0.3, -0.25) is 9.69 Å². The van der Waals surface area contributed by atoms with E-state index in [1.807, 2.05) is 6.07 Å². The van der Waals surface area contributed by atoms with E-state index in [2.05, 4.69) is 40.6 Å². The van der Waals surface area contributed by atoms with Gasteiger partial charge >= 0.3 is 5.97 Å². The molecule has 0 spiro atoms. The molecule has 110 valence electrons. The minimum absolute atomic E-state index is 0.183. The van der Waals surface area contributed by atoms with E-state index in [0.717, 1.165) is 19.3 Å². The maximum Gasteiger partial charge on any atom is 0.311 e. The first-order chi connectivity index (χ1) is 10.2. The van der Waals surface area contributed by atoms with Gasteiger partial charge in [-0.25, -0.2) is 0 Å². The largest absolute Gasteiger partial charge is 0.481 e. The molecule has 0 aliphatic carbocycles. The van der Waals surface area contributed by atoms with Gasteiger partial charge in [0.05, 0.1) is 5.66 Å². The summed E-state index contributed by atoms with van der Waals surface area (Å²) in [5.41, 5.74) is 2.37. The molecule has 1 fully saturated rings. The highest BCUT2D eigenvalue weighted by molar-refractivity contribution is 7.40. The quantitative estimate of drug-likeness (QED) is 0.879. The third-order valence-corrected chi connectivity index (χ3v) is 6.17. The fraction of sp³-hybridized carbons (Fsp3) is 0.312. The van der Waals surface area contributed by atoms with Gasteiger partial charge in [0.2, 0.25) is 0 Å². The predicted molar refractivity (Wildman–Crippen MR) is 89.6 cm³/mol. The highest BCUT2D eigenvalue weighted by Crippen LogP contribution is 2.32. The van der Waals surface area contributed by atoms with Crippen LogP contribution >= 0.6 is 19.9 Å². The van der Waals surface area contributed by atoms with Crippen LogP contribution < -0.4 is 0 Å². The highest BCUT2D eigenvalue weighted by Gasteiger charge is 2.25. The molecule has 21 heavy (non-hydrogen) atoms. The number of nitrogens with zero attached hydrogens (tertiary/aromatic N) is 1. The van der Waals surface area contributed by atoms with E-state index in [-0.39, 0.29) is 5.66 Å². The molecule has 3 nitrogen and oxygen atoms in total. The van der Waals surface area contributed by atoms with E-state index in [9.17, 15) is 9.90 Å². The third kappa shape index (κ3) is 3.52. The SMILES string of the molecule is O=C(O)C1CN(Cc2ccsc2-c2ccccc2)CCP1. The van der Waals surface area contributed by atoms with Crippen molar-refractivity contribution in [2.24, 2.45) is 0 Å². The van der Waals surface area contributed by atoms with Crippen LogP contribution in [0.3, 0.4) is 0 Å². The van der Waals surface area contributed by atoms with Gasteiger partial charge in [-0.15, -0.1) is 19.9 Å². The van der Waals surface area contributed by atoms with Crippen molar-refractivity contribution in [3.8, 4) is 10.4 Å². The van der Waals surface area contributed by atoms with Crippen LogP contribution in [0.4, 0.5) is 0 Å². The fourth-order valence-electron chi connectivity index (χ4n) is 2.66. The lowest BCUT2D eigenvalue weighted by molar-refractivity contribution is -0.137. The summed E-state index contributed by atoms with van der Waals surface area (Å²) in [6.07, 6.45) is 1.00. The van der Waals surface area contributed by atoms with E-state index in [1.54, 1.807) is 11.3 Å². The maximum absolute atomic E-state index is 11.2. The van der Waals surface area contributed by atoms with Crippen LogP contribution in [0, 0.1) is 0 Å². The van der Waals surface area contributed by atoms with Crippen LogP contribution in [0.1, 0.15) is 5.56 Å². The molecule has 0 saturated carbocycles. The summed E-state index contributed by atoms with van der Waals surface area (Å²) in [6.45, 7) is 2.53. The second-order valence-electron chi connectivity index (χ2n) is 5.22. The number of aliphatic carboxylic acids is 1. The summed E-state index contributed by atoms with van der Waals surface area (Å²) in [6, 6.07) is 12.6. The molecule has 2 atom stereocenters. The van der Waals surface area contributed by atoms with Gasteiger partial charge in [0, 0.05) is 24.5 Å². The first-order valence-corrected chi connectivity index (χ1v) is 9.21. The number of hydrogen-bond acceptors (Lipinski definition) is 3. The molecule has 1 aromatic carbocycles. The molecule has 1 aliphatic heterocycles. The molecule has 0 radical (unpaired) electrons. The minimum atomic E-state index is -0.647. The summed E-state index contributed by atoms with van der Waals surface area (Å²) in [7, 11) is 0.559. The molecule has 0 bridgehead atoms. The molecular formula is C16H18NO2PS. The van der Waals surface area contributed by atoms with Gasteiger partial charge in [0.15, 0.2) is 0 Å². The molecule has 1 saturated heterocycles. The highest BCUT2D eigenvalue weighted by atomic mass is 32.1. The van der Waals surface area contributed by atoms with Crippen molar-refractivity contribution in [3.05, 3.63) is 47.3 Å². The molecular weight excluding hydrogens is 301 g/mol. The summed E-state index contributed by atoms with van der Waals surface area (Å²) in [5.74, 6) is -0.647. The van der Waals surface area contributed by atoms with E-state index in [4.69, 9.17) is 0 Å². The lowest BCUT2D eigenvalue weighted by Gasteiger charge is -2.30. The van der Waals surface area contributed by atoms with Crippen LogP contribution in [0.5, 0.6) is 0 Å². The first kappa shape index (κ1) is 14.7. The van der Waals surface area contributed by atoms with Gasteiger partial charge in [-0.1, -0.05) is 30.3 Å². The van der Waals surface area contributed by atoms with Crippen LogP contribution in [0.15, 0.2) is 41.8 Å². The molecule has 1 aromatic heterocycles. The minimum Gasteiger partial charge on any atom is -0.481 e. The Morgan fingerprint density at radius 3 is 2.90 bits per heavy atom.